The number of halogens is 3. The number of alkyl halides is 3. The minimum absolute atomic E-state index is 0.347. The molecule has 0 spiro atoms. The Hall–Kier alpha value is -2.74. The molecule has 8 heteroatoms. The number of rotatable bonds is 4. The summed E-state index contributed by atoms with van der Waals surface area (Å²) in [5.41, 5.74) is 0.362. The van der Waals surface area contributed by atoms with Crippen molar-refractivity contribution >= 4 is 0 Å². The van der Waals surface area contributed by atoms with Gasteiger partial charge in [0.25, 0.3) is 0 Å². The molecule has 0 atom stereocenters. The molecule has 1 saturated heterocycles. The van der Waals surface area contributed by atoms with Gasteiger partial charge >= 0.3 is 6.18 Å². The second kappa shape index (κ2) is 7.71. The van der Waals surface area contributed by atoms with Crippen LogP contribution in [0, 0.1) is 5.92 Å². The first-order valence-electron chi connectivity index (χ1n) is 9.12. The van der Waals surface area contributed by atoms with Crippen molar-refractivity contribution in [3.8, 4) is 17.1 Å². The van der Waals surface area contributed by atoms with E-state index >= 15 is 0 Å². The van der Waals surface area contributed by atoms with Gasteiger partial charge in [-0.2, -0.15) is 13.2 Å². The molecule has 5 nitrogen and oxygen atoms in total. The molecule has 3 aromatic rings. The van der Waals surface area contributed by atoms with E-state index in [2.05, 4.69) is 15.1 Å². The van der Waals surface area contributed by atoms with Gasteiger partial charge in [0.15, 0.2) is 5.82 Å². The molecule has 146 valence electrons. The summed E-state index contributed by atoms with van der Waals surface area (Å²) in [4.78, 5) is 8.71. The summed E-state index contributed by atoms with van der Waals surface area (Å²) in [5.74, 6) is 1.46. The van der Waals surface area contributed by atoms with E-state index in [1.54, 1.807) is 24.5 Å². The number of nitrogens with zero attached hydrogens (tertiary/aromatic N) is 4. The second-order valence-electron chi connectivity index (χ2n) is 6.81. The van der Waals surface area contributed by atoms with Crippen LogP contribution >= 0.6 is 0 Å². The lowest BCUT2D eigenvalue weighted by molar-refractivity contribution is -0.137. The minimum Gasteiger partial charge on any atom is -0.381 e. The van der Waals surface area contributed by atoms with Gasteiger partial charge in [0, 0.05) is 37.6 Å². The van der Waals surface area contributed by atoms with E-state index in [0.29, 0.717) is 42.9 Å². The molecule has 1 aliphatic heterocycles. The van der Waals surface area contributed by atoms with Crippen molar-refractivity contribution < 1.29 is 17.9 Å². The van der Waals surface area contributed by atoms with E-state index in [1.807, 2.05) is 6.07 Å². The second-order valence-corrected chi connectivity index (χ2v) is 6.81. The molecule has 0 aliphatic carbocycles. The highest BCUT2D eigenvalue weighted by molar-refractivity contribution is 5.53. The van der Waals surface area contributed by atoms with E-state index in [-0.39, 0.29) is 0 Å². The summed E-state index contributed by atoms with van der Waals surface area (Å²) in [6.07, 6.45) is 1.31. The summed E-state index contributed by atoms with van der Waals surface area (Å²) in [7, 11) is 0. The van der Waals surface area contributed by atoms with Gasteiger partial charge in [0.2, 0.25) is 0 Å². The van der Waals surface area contributed by atoms with Crippen molar-refractivity contribution in [3.05, 3.63) is 60.2 Å². The molecule has 1 aliphatic rings. The van der Waals surface area contributed by atoms with Gasteiger partial charge < -0.3 is 4.74 Å². The van der Waals surface area contributed by atoms with Crippen molar-refractivity contribution in [3.63, 3.8) is 0 Å². The fourth-order valence-electron chi connectivity index (χ4n) is 3.32. The smallest absolute Gasteiger partial charge is 0.381 e. The Labute approximate surface area is 160 Å². The van der Waals surface area contributed by atoms with Gasteiger partial charge in [-0.25, -0.2) is 9.67 Å². The summed E-state index contributed by atoms with van der Waals surface area (Å²) in [6, 6.07) is 8.78. The maximum absolute atomic E-state index is 13.2. The van der Waals surface area contributed by atoms with E-state index in [4.69, 9.17) is 4.74 Å². The van der Waals surface area contributed by atoms with Crippen LogP contribution < -0.4 is 0 Å². The molecule has 0 radical (unpaired) electrons. The van der Waals surface area contributed by atoms with Gasteiger partial charge in [0.05, 0.1) is 11.3 Å². The van der Waals surface area contributed by atoms with Crippen molar-refractivity contribution in [2.24, 2.45) is 5.92 Å². The molecule has 3 heterocycles. The number of hydrogen-bond donors (Lipinski definition) is 0. The monoisotopic (exact) mass is 388 g/mol. The molecular weight excluding hydrogens is 369 g/mol. The molecule has 0 unspecified atom stereocenters. The molecule has 0 saturated carbocycles. The van der Waals surface area contributed by atoms with E-state index in [1.165, 1.54) is 10.7 Å². The van der Waals surface area contributed by atoms with Gasteiger partial charge in [-0.05, 0) is 49.1 Å². The SMILES string of the molecule is FC(F)(F)c1cccc(-n2nc(-c3cccnc3)nc2CC2CCOCC2)c1. The molecule has 0 N–H and O–H groups in total. The Bertz CT molecular complexity index is 934. The van der Waals surface area contributed by atoms with Crippen LogP contribution in [0.25, 0.3) is 17.1 Å². The highest BCUT2D eigenvalue weighted by Crippen LogP contribution is 2.31. The first-order chi connectivity index (χ1) is 13.5. The maximum atomic E-state index is 13.2. The normalized spacial score (nSPS) is 15.7. The zero-order valence-electron chi connectivity index (χ0n) is 15.1. The highest BCUT2D eigenvalue weighted by Gasteiger charge is 2.31. The lowest BCUT2D eigenvalue weighted by Gasteiger charge is -2.21. The third kappa shape index (κ3) is 4.06. The maximum Gasteiger partial charge on any atom is 0.416 e. The van der Waals surface area contributed by atoms with Crippen LogP contribution in [0.2, 0.25) is 0 Å². The van der Waals surface area contributed by atoms with Gasteiger partial charge in [-0.3, -0.25) is 4.98 Å². The average molecular weight is 388 g/mol. The van der Waals surface area contributed by atoms with Crippen LogP contribution in [0.4, 0.5) is 13.2 Å². The average Bonchev–Trinajstić information content (AvgIpc) is 3.13. The number of pyridine rings is 1. The van der Waals surface area contributed by atoms with Crippen LogP contribution in [0.3, 0.4) is 0 Å². The predicted molar refractivity (Wildman–Crippen MR) is 96.8 cm³/mol. The lowest BCUT2D eigenvalue weighted by atomic mass is 9.96. The fourth-order valence-corrected chi connectivity index (χ4v) is 3.32. The summed E-state index contributed by atoms with van der Waals surface area (Å²) in [5, 5.41) is 4.51. The van der Waals surface area contributed by atoms with Crippen LogP contribution in [-0.4, -0.2) is 33.0 Å². The summed E-state index contributed by atoms with van der Waals surface area (Å²) in [6.45, 7) is 1.38. The first kappa shape index (κ1) is 18.6. The molecule has 28 heavy (non-hydrogen) atoms. The number of ether oxygens (including phenoxy) is 1. The van der Waals surface area contributed by atoms with Crippen molar-refractivity contribution in [1.82, 2.24) is 19.7 Å². The fraction of sp³-hybridized carbons (Fsp3) is 0.350. The van der Waals surface area contributed by atoms with E-state index in [0.717, 1.165) is 30.5 Å². The number of benzene rings is 1. The van der Waals surface area contributed by atoms with Crippen LogP contribution in [0.15, 0.2) is 48.8 Å². The zero-order valence-corrected chi connectivity index (χ0v) is 15.1. The molecule has 1 aromatic carbocycles. The van der Waals surface area contributed by atoms with Crippen molar-refractivity contribution in [1.29, 1.82) is 0 Å². The standard InChI is InChI=1S/C20H19F3N4O/c21-20(22,23)16-4-1-5-17(12-16)27-18(11-14-6-9-28-10-7-14)25-19(26-27)15-3-2-8-24-13-15/h1-5,8,12-14H,6-7,9-11H2. The Balaban J connectivity index is 1.75. The molecule has 0 amide bonds. The summed E-state index contributed by atoms with van der Waals surface area (Å²) >= 11 is 0. The van der Waals surface area contributed by atoms with Gasteiger partial charge in [-0.1, -0.05) is 6.07 Å². The molecule has 0 bridgehead atoms. The number of aromatic nitrogens is 4. The van der Waals surface area contributed by atoms with Crippen molar-refractivity contribution in [2.75, 3.05) is 13.2 Å². The molecule has 4 rings (SSSR count). The Kier molecular flexibility index (Phi) is 5.13. The lowest BCUT2D eigenvalue weighted by Crippen LogP contribution is -2.19. The highest BCUT2D eigenvalue weighted by atomic mass is 19.4. The topological polar surface area (TPSA) is 52.8 Å². The predicted octanol–water partition coefficient (Wildman–Crippen LogP) is 4.32. The molecule has 1 fully saturated rings. The Morgan fingerprint density at radius 3 is 2.64 bits per heavy atom. The van der Waals surface area contributed by atoms with Crippen molar-refractivity contribution in [2.45, 2.75) is 25.4 Å². The van der Waals surface area contributed by atoms with E-state index in [9.17, 15) is 13.2 Å². The third-order valence-corrected chi connectivity index (χ3v) is 4.82. The van der Waals surface area contributed by atoms with E-state index < -0.39 is 11.7 Å². The first-order valence-corrected chi connectivity index (χ1v) is 9.12. The largest absolute Gasteiger partial charge is 0.416 e. The summed E-state index contributed by atoms with van der Waals surface area (Å²) < 4.78 is 46.4. The van der Waals surface area contributed by atoms with Crippen LogP contribution in [0.1, 0.15) is 24.2 Å². The molecular formula is C20H19F3N4O. The zero-order chi connectivity index (χ0) is 19.6. The quantitative estimate of drug-likeness (QED) is 0.668. The van der Waals surface area contributed by atoms with Gasteiger partial charge in [-0.15, -0.1) is 5.10 Å². The Morgan fingerprint density at radius 1 is 1.11 bits per heavy atom. The van der Waals surface area contributed by atoms with Gasteiger partial charge in [0.1, 0.15) is 5.82 Å². The third-order valence-electron chi connectivity index (χ3n) is 4.82. The van der Waals surface area contributed by atoms with Crippen LogP contribution in [0.5, 0.6) is 0 Å². The van der Waals surface area contributed by atoms with Crippen LogP contribution in [-0.2, 0) is 17.3 Å². The number of hydrogen-bond acceptors (Lipinski definition) is 4. The Morgan fingerprint density at radius 2 is 1.93 bits per heavy atom. The minimum atomic E-state index is -4.41. The molecule has 2 aromatic heterocycles.